The fourth-order valence-corrected chi connectivity index (χ4v) is 3.63. The molecule has 2 aromatic carbocycles. The summed E-state index contributed by atoms with van der Waals surface area (Å²) in [5.74, 6) is -2.66. The van der Waals surface area contributed by atoms with Crippen molar-refractivity contribution in [3.63, 3.8) is 0 Å². The zero-order valence-corrected chi connectivity index (χ0v) is 17.6. The molecular weight excluding hydrogens is 430 g/mol. The van der Waals surface area contributed by atoms with Crippen LogP contribution in [0.1, 0.15) is 33.7 Å². The Bertz CT molecular complexity index is 1160. The van der Waals surface area contributed by atoms with Gasteiger partial charge < -0.3 is 21.7 Å². The molecular formula is C23H22F2N6O2. The Kier molecular flexibility index (Phi) is 6.55. The van der Waals surface area contributed by atoms with Crippen LogP contribution in [0.4, 0.5) is 20.2 Å². The average molecular weight is 452 g/mol. The van der Waals surface area contributed by atoms with Crippen LogP contribution in [0.5, 0.6) is 0 Å². The van der Waals surface area contributed by atoms with Gasteiger partial charge in [0.1, 0.15) is 17.3 Å². The van der Waals surface area contributed by atoms with E-state index in [2.05, 4.69) is 26.1 Å². The largest absolute Gasteiger partial charge is 0.364 e. The van der Waals surface area contributed by atoms with E-state index in [9.17, 15) is 18.4 Å². The molecule has 1 fully saturated rings. The van der Waals surface area contributed by atoms with Crippen LogP contribution >= 0.6 is 0 Å². The summed E-state index contributed by atoms with van der Waals surface area (Å²) in [6.07, 6.45) is 1.75. The summed E-state index contributed by atoms with van der Waals surface area (Å²) in [5, 5.41) is 16.7. The van der Waals surface area contributed by atoms with E-state index in [1.807, 2.05) is 0 Å². The highest BCUT2D eigenvalue weighted by molar-refractivity contribution is 5.98. The number of primary amides is 1. The lowest BCUT2D eigenvalue weighted by Gasteiger charge is -2.23. The normalized spacial score (nSPS) is 14.0. The van der Waals surface area contributed by atoms with Gasteiger partial charge in [-0.25, -0.2) is 8.78 Å². The topological polar surface area (TPSA) is 122 Å². The van der Waals surface area contributed by atoms with E-state index in [1.54, 1.807) is 24.3 Å². The van der Waals surface area contributed by atoms with Crippen LogP contribution in [0.3, 0.4) is 0 Å². The van der Waals surface area contributed by atoms with Crippen LogP contribution in [0.2, 0.25) is 0 Å². The van der Waals surface area contributed by atoms with Gasteiger partial charge >= 0.3 is 0 Å². The molecule has 0 saturated carbocycles. The Hall–Kier alpha value is -3.92. The van der Waals surface area contributed by atoms with Crippen molar-refractivity contribution < 1.29 is 18.4 Å². The first kappa shape index (κ1) is 22.3. The molecule has 1 saturated heterocycles. The zero-order chi connectivity index (χ0) is 23.4. The molecule has 1 aliphatic rings. The van der Waals surface area contributed by atoms with Gasteiger partial charge in [0.2, 0.25) is 0 Å². The Labute approximate surface area is 188 Å². The minimum atomic E-state index is -0.858. The molecule has 0 atom stereocenters. The van der Waals surface area contributed by atoms with Gasteiger partial charge in [0.05, 0.1) is 11.3 Å². The van der Waals surface area contributed by atoms with E-state index in [0.717, 1.165) is 38.1 Å². The second-order valence-electron chi connectivity index (χ2n) is 7.65. The molecule has 4 rings (SSSR count). The molecule has 10 heteroatoms. The first-order valence-electron chi connectivity index (χ1n) is 10.4. The van der Waals surface area contributed by atoms with Crippen LogP contribution in [-0.4, -0.2) is 41.1 Å². The van der Waals surface area contributed by atoms with E-state index >= 15 is 0 Å². The van der Waals surface area contributed by atoms with Crippen molar-refractivity contribution >= 4 is 23.2 Å². The van der Waals surface area contributed by atoms with Crippen molar-refractivity contribution in [1.29, 1.82) is 0 Å². The maximum Gasteiger partial charge on any atom is 0.271 e. The summed E-state index contributed by atoms with van der Waals surface area (Å²) in [6.45, 7) is 1.74. The Balaban J connectivity index is 1.56. The maximum absolute atomic E-state index is 14.2. The number of anilines is 2. The van der Waals surface area contributed by atoms with Crippen LogP contribution in [0.25, 0.3) is 11.3 Å². The lowest BCUT2D eigenvalue weighted by molar-refractivity contribution is 0.0928. The SMILES string of the molecule is NC(=O)c1nnc(-c2c(F)cccc2F)cc1Nc1ccc(C(=O)NC2CCNCC2)cc1. The molecule has 0 spiro atoms. The highest BCUT2D eigenvalue weighted by Gasteiger charge is 2.19. The second kappa shape index (κ2) is 9.70. The highest BCUT2D eigenvalue weighted by atomic mass is 19.1. The van der Waals surface area contributed by atoms with Crippen LogP contribution in [0.15, 0.2) is 48.5 Å². The molecule has 0 radical (unpaired) electrons. The summed E-state index contributed by atoms with van der Waals surface area (Å²) in [5.41, 5.74) is 5.85. The molecule has 0 aliphatic carbocycles. The van der Waals surface area contributed by atoms with E-state index in [-0.39, 0.29) is 34.6 Å². The third-order valence-electron chi connectivity index (χ3n) is 5.35. The minimum absolute atomic E-state index is 0.101. The number of hydrogen-bond acceptors (Lipinski definition) is 6. The van der Waals surface area contributed by atoms with Gasteiger partial charge in [0.15, 0.2) is 5.69 Å². The second-order valence-corrected chi connectivity index (χ2v) is 7.65. The number of carbonyl (C=O) groups is 2. The van der Waals surface area contributed by atoms with Gasteiger partial charge in [0, 0.05) is 17.3 Å². The van der Waals surface area contributed by atoms with E-state index < -0.39 is 17.5 Å². The van der Waals surface area contributed by atoms with Gasteiger partial charge in [-0.1, -0.05) is 6.07 Å². The fourth-order valence-electron chi connectivity index (χ4n) is 3.63. The first-order valence-corrected chi connectivity index (χ1v) is 10.4. The van der Waals surface area contributed by atoms with Crippen LogP contribution < -0.4 is 21.7 Å². The Morgan fingerprint density at radius 2 is 1.67 bits per heavy atom. The lowest BCUT2D eigenvalue weighted by Crippen LogP contribution is -2.42. The van der Waals surface area contributed by atoms with Crippen molar-refractivity contribution in [2.24, 2.45) is 5.73 Å². The summed E-state index contributed by atoms with van der Waals surface area (Å²) in [4.78, 5) is 24.3. The molecule has 2 heterocycles. The number of halogens is 2. The number of nitrogens with one attached hydrogen (secondary N) is 3. The molecule has 33 heavy (non-hydrogen) atoms. The highest BCUT2D eigenvalue weighted by Crippen LogP contribution is 2.28. The smallest absolute Gasteiger partial charge is 0.271 e. The summed E-state index contributed by atoms with van der Waals surface area (Å²) >= 11 is 0. The molecule has 8 nitrogen and oxygen atoms in total. The van der Waals surface area contributed by atoms with Gasteiger partial charge in [0.25, 0.3) is 11.8 Å². The number of piperidine rings is 1. The van der Waals surface area contributed by atoms with Gasteiger partial charge in [-0.05, 0) is 68.4 Å². The van der Waals surface area contributed by atoms with Crippen molar-refractivity contribution in [2.45, 2.75) is 18.9 Å². The van der Waals surface area contributed by atoms with Crippen molar-refractivity contribution in [3.8, 4) is 11.3 Å². The zero-order valence-electron chi connectivity index (χ0n) is 17.6. The third-order valence-corrected chi connectivity index (χ3v) is 5.35. The minimum Gasteiger partial charge on any atom is -0.364 e. The standard InChI is InChI=1S/C23H22F2N6O2/c24-16-2-1-3-17(25)20(16)18-12-19(21(22(26)32)31-30-18)28-14-6-4-13(5-7-14)23(33)29-15-8-10-27-11-9-15/h1-7,12,15,27H,8-11H2,(H2,26,32)(H,28,30)(H,29,33). The summed E-state index contributed by atoms with van der Waals surface area (Å²) in [7, 11) is 0. The molecule has 0 unspecified atom stereocenters. The van der Waals surface area contributed by atoms with Crippen molar-refractivity contribution in [3.05, 3.63) is 71.4 Å². The number of rotatable bonds is 6. The summed E-state index contributed by atoms with van der Waals surface area (Å²) in [6, 6.07) is 11.4. The number of hydrogen-bond donors (Lipinski definition) is 4. The average Bonchev–Trinajstić information content (AvgIpc) is 2.80. The number of amides is 2. The molecule has 3 aromatic rings. The maximum atomic E-state index is 14.2. The predicted octanol–water partition coefficient (Wildman–Crippen LogP) is 2.75. The fraction of sp³-hybridized carbons (Fsp3) is 0.217. The van der Waals surface area contributed by atoms with Gasteiger partial charge in [-0.2, -0.15) is 0 Å². The summed E-state index contributed by atoms with van der Waals surface area (Å²) < 4.78 is 28.4. The van der Waals surface area contributed by atoms with E-state index in [1.165, 1.54) is 12.1 Å². The molecule has 5 N–H and O–H groups in total. The lowest BCUT2D eigenvalue weighted by atomic mass is 10.1. The molecule has 2 amide bonds. The monoisotopic (exact) mass is 452 g/mol. The number of nitrogens with two attached hydrogens (primary N) is 1. The number of aromatic nitrogens is 2. The van der Waals surface area contributed by atoms with Gasteiger partial charge in [-0.15, -0.1) is 10.2 Å². The van der Waals surface area contributed by atoms with Gasteiger partial charge in [-0.3, -0.25) is 9.59 Å². The molecule has 1 aromatic heterocycles. The molecule has 0 bridgehead atoms. The number of nitrogens with zero attached hydrogens (tertiary/aromatic N) is 2. The van der Waals surface area contributed by atoms with Crippen LogP contribution in [0, 0.1) is 11.6 Å². The van der Waals surface area contributed by atoms with Crippen LogP contribution in [-0.2, 0) is 0 Å². The van der Waals surface area contributed by atoms with Crippen molar-refractivity contribution in [1.82, 2.24) is 20.8 Å². The number of benzene rings is 2. The van der Waals surface area contributed by atoms with E-state index in [4.69, 9.17) is 5.73 Å². The third kappa shape index (κ3) is 5.12. The molecule has 170 valence electrons. The Morgan fingerprint density at radius 3 is 2.30 bits per heavy atom. The molecule has 1 aliphatic heterocycles. The quantitative estimate of drug-likeness (QED) is 0.456. The number of carbonyl (C=O) groups excluding carboxylic acids is 2. The predicted molar refractivity (Wildman–Crippen MR) is 119 cm³/mol. The Morgan fingerprint density at radius 1 is 1.00 bits per heavy atom. The van der Waals surface area contributed by atoms with Crippen molar-refractivity contribution in [2.75, 3.05) is 18.4 Å². The first-order chi connectivity index (χ1) is 15.9. The van der Waals surface area contributed by atoms with E-state index in [0.29, 0.717) is 11.3 Å².